The molecule has 0 heterocycles. The Labute approximate surface area is 193 Å². The molecule has 0 aliphatic rings. The van der Waals surface area contributed by atoms with E-state index in [1.54, 1.807) is 14.2 Å². The quantitative estimate of drug-likeness (QED) is 0.178. The Morgan fingerprint density at radius 1 is 0.500 bits per heavy atom. The second-order valence-corrected chi connectivity index (χ2v) is 6.76. The van der Waals surface area contributed by atoms with E-state index in [-0.39, 0.29) is 5.91 Å². The predicted octanol–water partition coefficient (Wildman–Crippen LogP) is 1.06. The fourth-order valence-electron chi connectivity index (χ4n) is 2.36. The lowest BCUT2D eigenvalue weighted by molar-refractivity contribution is -0.120. The average molecular weight is 468 g/mol. The maximum atomic E-state index is 11.1. The van der Waals surface area contributed by atoms with Gasteiger partial charge in [0.05, 0.1) is 92.5 Å². The number of hydrogen-bond acceptors (Lipinski definition) is 9. The van der Waals surface area contributed by atoms with E-state index in [9.17, 15) is 4.79 Å². The molecule has 0 rings (SSSR count). The van der Waals surface area contributed by atoms with E-state index < -0.39 is 0 Å². The Bertz CT molecular complexity index is 375. The Balaban J connectivity index is 3.02. The molecule has 1 amide bonds. The van der Waals surface area contributed by atoms with E-state index >= 15 is 0 Å². The van der Waals surface area contributed by atoms with Crippen molar-refractivity contribution in [1.82, 2.24) is 5.32 Å². The Morgan fingerprint density at radius 2 is 0.844 bits per heavy atom. The first-order valence-electron chi connectivity index (χ1n) is 11.5. The Kier molecular flexibility index (Phi) is 27.4. The summed E-state index contributed by atoms with van der Waals surface area (Å²) < 4.78 is 42.7. The molecule has 0 aliphatic heterocycles. The number of rotatable bonds is 27. The van der Waals surface area contributed by atoms with Crippen LogP contribution in [-0.4, -0.2) is 119 Å². The van der Waals surface area contributed by atoms with E-state index in [2.05, 4.69) is 5.32 Å². The smallest absolute Gasteiger partial charge is 0.219 e. The zero-order valence-electron chi connectivity index (χ0n) is 20.1. The molecule has 1 N–H and O–H groups in total. The fourth-order valence-corrected chi connectivity index (χ4v) is 2.36. The maximum Gasteiger partial charge on any atom is 0.219 e. The minimum Gasteiger partial charge on any atom is -0.382 e. The third-order valence-electron chi connectivity index (χ3n) is 4.14. The molecule has 0 saturated heterocycles. The molecule has 0 aliphatic carbocycles. The molecule has 0 aromatic carbocycles. The second-order valence-electron chi connectivity index (χ2n) is 6.76. The largest absolute Gasteiger partial charge is 0.382 e. The second kappa shape index (κ2) is 28.2. The van der Waals surface area contributed by atoms with Crippen molar-refractivity contribution in [1.29, 1.82) is 0 Å². The van der Waals surface area contributed by atoms with Crippen LogP contribution in [0, 0.1) is 0 Å². The molecule has 0 spiro atoms. The van der Waals surface area contributed by atoms with Crippen LogP contribution in [0.3, 0.4) is 0 Å². The highest BCUT2D eigenvalue weighted by molar-refractivity contribution is 5.75. The topological polar surface area (TPSA) is 103 Å². The van der Waals surface area contributed by atoms with E-state index in [1.165, 1.54) is 0 Å². The van der Waals surface area contributed by atoms with Crippen LogP contribution in [0.5, 0.6) is 0 Å². The van der Waals surface area contributed by atoms with Crippen LogP contribution >= 0.6 is 0 Å². The van der Waals surface area contributed by atoms with Crippen molar-refractivity contribution in [3.63, 3.8) is 0 Å². The number of carbonyl (C=O) groups is 1. The van der Waals surface area contributed by atoms with Gasteiger partial charge in [0.15, 0.2) is 0 Å². The molecule has 32 heavy (non-hydrogen) atoms. The van der Waals surface area contributed by atoms with E-state index in [1.807, 2.05) is 0 Å². The molecular formula is C22H45NO9. The number of nitrogens with one attached hydrogen (secondary N) is 1. The lowest BCUT2D eigenvalue weighted by Gasteiger charge is -2.08. The number of ether oxygens (including phenoxy) is 8. The summed E-state index contributed by atoms with van der Waals surface area (Å²) in [4.78, 5) is 11.1. The highest BCUT2D eigenvalue weighted by Crippen LogP contribution is 1.99. The summed E-state index contributed by atoms with van der Waals surface area (Å²) >= 11 is 0. The first-order chi connectivity index (χ1) is 15.8. The van der Waals surface area contributed by atoms with Crippen LogP contribution in [0.15, 0.2) is 0 Å². The molecule has 0 aromatic rings. The first kappa shape index (κ1) is 31.1. The Morgan fingerprint density at radius 3 is 1.19 bits per heavy atom. The van der Waals surface area contributed by atoms with Crippen LogP contribution in [0.25, 0.3) is 0 Å². The predicted molar refractivity (Wildman–Crippen MR) is 120 cm³/mol. The van der Waals surface area contributed by atoms with Crippen molar-refractivity contribution in [3.05, 3.63) is 0 Å². The van der Waals surface area contributed by atoms with Crippen molar-refractivity contribution in [2.75, 3.05) is 113 Å². The lowest BCUT2D eigenvalue weighted by atomic mass is 10.2. The number of hydrogen-bond donors (Lipinski definition) is 1. The monoisotopic (exact) mass is 467 g/mol. The molecule has 0 atom stereocenters. The van der Waals surface area contributed by atoms with Gasteiger partial charge < -0.3 is 43.2 Å². The standard InChI is InChI=1S/C22H45NO9/c1-23-22(24)6-4-3-5-7-26-10-11-28-14-15-30-18-19-32-21-20-31-17-16-29-13-12-27-9-8-25-2/h3-21H2,1-2H3,(H,23,24). The van der Waals surface area contributed by atoms with Crippen molar-refractivity contribution in [2.45, 2.75) is 25.7 Å². The molecule has 10 heteroatoms. The minimum absolute atomic E-state index is 0.0933. The van der Waals surface area contributed by atoms with Gasteiger partial charge in [0.25, 0.3) is 0 Å². The molecule has 0 bridgehead atoms. The van der Waals surface area contributed by atoms with Crippen LogP contribution in [-0.2, 0) is 42.7 Å². The van der Waals surface area contributed by atoms with Crippen molar-refractivity contribution in [2.24, 2.45) is 0 Å². The molecule has 0 radical (unpaired) electrons. The summed E-state index contributed by atoms with van der Waals surface area (Å²) in [6.07, 6.45) is 3.44. The summed E-state index contributed by atoms with van der Waals surface area (Å²) in [5.74, 6) is 0.0933. The maximum absolute atomic E-state index is 11.1. The third kappa shape index (κ3) is 27.2. The van der Waals surface area contributed by atoms with Gasteiger partial charge in [-0.1, -0.05) is 6.42 Å². The van der Waals surface area contributed by atoms with Crippen LogP contribution < -0.4 is 5.32 Å². The number of unbranched alkanes of at least 4 members (excludes halogenated alkanes) is 2. The molecule has 192 valence electrons. The van der Waals surface area contributed by atoms with Crippen molar-refractivity contribution >= 4 is 5.91 Å². The summed E-state index contributed by atoms with van der Waals surface area (Å²) in [6, 6.07) is 0. The summed E-state index contributed by atoms with van der Waals surface area (Å²) in [5.41, 5.74) is 0. The van der Waals surface area contributed by atoms with Gasteiger partial charge in [-0.3, -0.25) is 4.79 Å². The van der Waals surface area contributed by atoms with Crippen LogP contribution in [0.1, 0.15) is 25.7 Å². The summed E-state index contributed by atoms with van der Waals surface area (Å²) in [5, 5.41) is 2.62. The summed E-state index contributed by atoms with van der Waals surface area (Å²) in [6.45, 7) is 8.41. The number of methoxy groups -OCH3 is 1. The van der Waals surface area contributed by atoms with Gasteiger partial charge >= 0.3 is 0 Å². The third-order valence-corrected chi connectivity index (χ3v) is 4.14. The average Bonchev–Trinajstić information content (AvgIpc) is 2.81. The van der Waals surface area contributed by atoms with Crippen LogP contribution in [0.2, 0.25) is 0 Å². The molecule has 0 unspecified atom stereocenters. The minimum atomic E-state index is 0.0933. The number of amides is 1. The van der Waals surface area contributed by atoms with E-state index in [0.717, 1.165) is 19.3 Å². The zero-order chi connectivity index (χ0) is 23.4. The highest BCUT2D eigenvalue weighted by atomic mass is 16.6. The molecular weight excluding hydrogens is 422 g/mol. The van der Waals surface area contributed by atoms with Gasteiger partial charge in [-0.2, -0.15) is 0 Å². The Hall–Kier alpha value is -0.850. The SMILES string of the molecule is CNC(=O)CCCCCOCCOCCOCCOCCOCCOCCOCCOC. The molecule has 0 fully saturated rings. The molecule has 0 saturated carbocycles. The normalized spacial score (nSPS) is 11.2. The fraction of sp³-hybridized carbons (Fsp3) is 0.955. The van der Waals surface area contributed by atoms with Crippen molar-refractivity contribution < 1.29 is 42.7 Å². The van der Waals surface area contributed by atoms with Gasteiger partial charge in [-0.25, -0.2) is 0 Å². The highest BCUT2D eigenvalue weighted by Gasteiger charge is 1.98. The first-order valence-corrected chi connectivity index (χ1v) is 11.5. The zero-order valence-corrected chi connectivity index (χ0v) is 20.1. The van der Waals surface area contributed by atoms with Gasteiger partial charge in [0.2, 0.25) is 5.91 Å². The van der Waals surface area contributed by atoms with E-state index in [0.29, 0.717) is 106 Å². The van der Waals surface area contributed by atoms with Crippen LogP contribution in [0.4, 0.5) is 0 Å². The van der Waals surface area contributed by atoms with Gasteiger partial charge in [-0.15, -0.1) is 0 Å². The number of carbonyl (C=O) groups excluding carboxylic acids is 1. The lowest BCUT2D eigenvalue weighted by Crippen LogP contribution is -2.17. The summed E-state index contributed by atoms with van der Waals surface area (Å²) in [7, 11) is 3.30. The van der Waals surface area contributed by atoms with Gasteiger partial charge in [0, 0.05) is 27.2 Å². The molecule has 0 aromatic heterocycles. The van der Waals surface area contributed by atoms with Gasteiger partial charge in [0.1, 0.15) is 0 Å². The van der Waals surface area contributed by atoms with Gasteiger partial charge in [-0.05, 0) is 12.8 Å². The molecule has 10 nitrogen and oxygen atoms in total. The van der Waals surface area contributed by atoms with E-state index in [4.69, 9.17) is 37.9 Å². The van der Waals surface area contributed by atoms with Crippen molar-refractivity contribution in [3.8, 4) is 0 Å².